The predicted molar refractivity (Wildman–Crippen MR) is 71.4 cm³/mol. The maximum absolute atomic E-state index is 11.7. The third kappa shape index (κ3) is 1.56. The Labute approximate surface area is 106 Å². The molecule has 2 amide bonds. The Kier molecular flexibility index (Phi) is 2.51. The fourth-order valence-electron chi connectivity index (χ4n) is 2.69. The monoisotopic (exact) mass is 243 g/mol. The molecule has 1 N–H and O–H groups in total. The number of fused-ring (bicyclic) bond motifs is 1. The van der Waals surface area contributed by atoms with Crippen molar-refractivity contribution < 1.29 is 4.79 Å². The number of carbonyl (C=O) groups excluding carboxylic acids is 1. The van der Waals surface area contributed by atoms with E-state index in [-0.39, 0.29) is 12.1 Å². The lowest BCUT2D eigenvalue weighted by Gasteiger charge is -2.10. The van der Waals surface area contributed by atoms with E-state index in [1.807, 2.05) is 31.0 Å². The number of nitrogens with zero attached hydrogens (tertiary/aromatic N) is 2. The SMILES string of the molecule is CCN1CC(c2cn(C)c3ccccc23)NC1=O. The number of carbonyl (C=O) groups is 1. The quantitative estimate of drug-likeness (QED) is 0.863. The van der Waals surface area contributed by atoms with Crippen molar-refractivity contribution in [2.75, 3.05) is 13.1 Å². The zero-order valence-electron chi connectivity index (χ0n) is 10.7. The first-order valence-corrected chi connectivity index (χ1v) is 6.30. The van der Waals surface area contributed by atoms with Gasteiger partial charge in [0, 0.05) is 42.8 Å². The van der Waals surface area contributed by atoms with Crippen LogP contribution in [-0.4, -0.2) is 28.6 Å². The minimum absolute atomic E-state index is 0.0374. The molecule has 1 fully saturated rings. The summed E-state index contributed by atoms with van der Waals surface area (Å²) in [6.07, 6.45) is 2.12. The second-order valence-electron chi connectivity index (χ2n) is 4.75. The molecule has 1 saturated heterocycles. The van der Waals surface area contributed by atoms with Crippen molar-refractivity contribution in [3.8, 4) is 0 Å². The summed E-state index contributed by atoms with van der Waals surface area (Å²) in [5, 5.41) is 4.28. The molecule has 1 atom stereocenters. The van der Waals surface area contributed by atoms with Gasteiger partial charge in [0.15, 0.2) is 0 Å². The van der Waals surface area contributed by atoms with Gasteiger partial charge in [-0.2, -0.15) is 0 Å². The number of hydrogen-bond donors (Lipinski definition) is 1. The number of benzene rings is 1. The van der Waals surface area contributed by atoms with E-state index in [0.29, 0.717) is 0 Å². The topological polar surface area (TPSA) is 37.3 Å². The molecule has 3 rings (SSSR count). The average Bonchev–Trinajstić information content (AvgIpc) is 2.91. The largest absolute Gasteiger partial charge is 0.350 e. The number of aryl methyl sites for hydroxylation is 1. The highest BCUT2D eigenvalue weighted by atomic mass is 16.2. The van der Waals surface area contributed by atoms with Crippen LogP contribution < -0.4 is 5.32 Å². The van der Waals surface area contributed by atoms with Gasteiger partial charge in [0.2, 0.25) is 0 Å². The maximum Gasteiger partial charge on any atom is 0.318 e. The Morgan fingerprint density at radius 3 is 2.89 bits per heavy atom. The molecule has 1 aromatic carbocycles. The van der Waals surface area contributed by atoms with Crippen LogP contribution in [0.3, 0.4) is 0 Å². The lowest BCUT2D eigenvalue weighted by molar-refractivity contribution is 0.219. The molecule has 0 saturated carbocycles. The van der Waals surface area contributed by atoms with E-state index < -0.39 is 0 Å². The molecule has 4 heteroatoms. The number of rotatable bonds is 2. The van der Waals surface area contributed by atoms with Gasteiger partial charge in [-0.3, -0.25) is 0 Å². The van der Waals surface area contributed by atoms with E-state index in [2.05, 4.69) is 28.2 Å². The van der Waals surface area contributed by atoms with Gasteiger partial charge in [-0.15, -0.1) is 0 Å². The normalized spacial score (nSPS) is 19.6. The Balaban J connectivity index is 2.03. The minimum Gasteiger partial charge on any atom is -0.350 e. The Hall–Kier alpha value is -1.97. The molecule has 0 spiro atoms. The van der Waals surface area contributed by atoms with Crippen LogP contribution in [0.15, 0.2) is 30.5 Å². The van der Waals surface area contributed by atoms with Gasteiger partial charge in [-0.25, -0.2) is 4.79 Å². The molecule has 1 unspecified atom stereocenters. The van der Waals surface area contributed by atoms with Crippen molar-refractivity contribution in [2.24, 2.45) is 7.05 Å². The Morgan fingerprint density at radius 2 is 2.17 bits per heavy atom. The van der Waals surface area contributed by atoms with Crippen LogP contribution in [0.2, 0.25) is 0 Å². The third-order valence-electron chi connectivity index (χ3n) is 3.67. The second kappa shape index (κ2) is 4.05. The third-order valence-corrected chi connectivity index (χ3v) is 3.67. The molecule has 94 valence electrons. The Morgan fingerprint density at radius 1 is 1.39 bits per heavy atom. The molecule has 18 heavy (non-hydrogen) atoms. The highest BCUT2D eigenvalue weighted by Gasteiger charge is 2.30. The van der Waals surface area contributed by atoms with Gasteiger partial charge in [0.25, 0.3) is 0 Å². The number of hydrogen-bond acceptors (Lipinski definition) is 1. The highest BCUT2D eigenvalue weighted by molar-refractivity contribution is 5.86. The van der Waals surface area contributed by atoms with Gasteiger partial charge in [0.05, 0.1) is 6.04 Å². The molecule has 0 bridgehead atoms. The van der Waals surface area contributed by atoms with E-state index in [4.69, 9.17) is 0 Å². The van der Waals surface area contributed by atoms with E-state index in [0.717, 1.165) is 13.1 Å². The summed E-state index contributed by atoms with van der Waals surface area (Å²) in [4.78, 5) is 13.6. The second-order valence-corrected chi connectivity index (χ2v) is 4.75. The molecule has 2 heterocycles. The number of amides is 2. The van der Waals surface area contributed by atoms with Gasteiger partial charge >= 0.3 is 6.03 Å². The molecule has 4 nitrogen and oxygen atoms in total. The van der Waals surface area contributed by atoms with Crippen molar-refractivity contribution in [2.45, 2.75) is 13.0 Å². The average molecular weight is 243 g/mol. The molecule has 1 aromatic heterocycles. The summed E-state index contributed by atoms with van der Waals surface area (Å²) in [6.45, 7) is 3.52. The van der Waals surface area contributed by atoms with Crippen molar-refractivity contribution in [1.29, 1.82) is 0 Å². The van der Waals surface area contributed by atoms with Crippen LogP contribution in [0.1, 0.15) is 18.5 Å². The summed E-state index contributed by atoms with van der Waals surface area (Å²) in [5.74, 6) is 0. The smallest absolute Gasteiger partial charge is 0.318 e. The first-order valence-electron chi connectivity index (χ1n) is 6.30. The van der Waals surface area contributed by atoms with Gasteiger partial charge in [0.1, 0.15) is 0 Å². The highest BCUT2D eigenvalue weighted by Crippen LogP contribution is 2.28. The number of likely N-dealkylation sites (N-methyl/N-ethyl adjacent to an activating group) is 1. The van der Waals surface area contributed by atoms with Gasteiger partial charge < -0.3 is 14.8 Å². The molecule has 1 aliphatic heterocycles. The first-order chi connectivity index (χ1) is 8.70. The number of para-hydroxylation sites is 1. The van der Waals surface area contributed by atoms with E-state index >= 15 is 0 Å². The minimum atomic E-state index is 0.0374. The van der Waals surface area contributed by atoms with Crippen LogP contribution in [0.25, 0.3) is 10.9 Å². The van der Waals surface area contributed by atoms with Crippen molar-refractivity contribution in [3.63, 3.8) is 0 Å². The first kappa shape index (κ1) is 11.1. The molecule has 1 aliphatic rings. The van der Waals surface area contributed by atoms with E-state index in [9.17, 15) is 4.79 Å². The fraction of sp³-hybridized carbons (Fsp3) is 0.357. The van der Waals surface area contributed by atoms with Crippen LogP contribution in [0.4, 0.5) is 4.79 Å². The molecular weight excluding hydrogens is 226 g/mol. The van der Waals surface area contributed by atoms with Crippen LogP contribution in [0, 0.1) is 0 Å². The summed E-state index contributed by atoms with van der Waals surface area (Å²) < 4.78 is 2.12. The van der Waals surface area contributed by atoms with Crippen LogP contribution in [0.5, 0.6) is 0 Å². The summed E-state index contributed by atoms with van der Waals surface area (Å²) >= 11 is 0. The lowest BCUT2D eigenvalue weighted by atomic mass is 10.1. The maximum atomic E-state index is 11.7. The summed E-state index contributed by atoms with van der Waals surface area (Å²) in [5.41, 5.74) is 2.41. The number of urea groups is 1. The van der Waals surface area contributed by atoms with Crippen LogP contribution >= 0.6 is 0 Å². The van der Waals surface area contributed by atoms with E-state index in [1.165, 1.54) is 16.5 Å². The van der Waals surface area contributed by atoms with Gasteiger partial charge in [-0.1, -0.05) is 18.2 Å². The summed E-state index contributed by atoms with van der Waals surface area (Å²) in [6, 6.07) is 8.44. The zero-order chi connectivity index (χ0) is 12.7. The number of nitrogens with one attached hydrogen (secondary N) is 1. The van der Waals surface area contributed by atoms with Crippen molar-refractivity contribution in [1.82, 2.24) is 14.8 Å². The number of aromatic nitrogens is 1. The summed E-state index contributed by atoms with van der Waals surface area (Å²) in [7, 11) is 2.04. The lowest BCUT2D eigenvalue weighted by Crippen LogP contribution is -2.27. The van der Waals surface area contributed by atoms with Crippen molar-refractivity contribution >= 4 is 16.9 Å². The molecule has 0 aliphatic carbocycles. The molecular formula is C14H17N3O. The predicted octanol–water partition coefficient (Wildman–Crippen LogP) is 2.26. The Bertz CT molecular complexity index is 602. The fourth-order valence-corrected chi connectivity index (χ4v) is 2.69. The van der Waals surface area contributed by atoms with Crippen LogP contribution in [-0.2, 0) is 7.05 Å². The molecule has 2 aromatic rings. The zero-order valence-corrected chi connectivity index (χ0v) is 10.7. The molecule has 0 radical (unpaired) electrons. The van der Waals surface area contributed by atoms with E-state index in [1.54, 1.807) is 0 Å². The standard InChI is InChI=1S/C14H17N3O/c1-3-17-9-12(15-14(17)18)11-8-16(2)13-7-5-4-6-10(11)13/h4-8,12H,3,9H2,1-2H3,(H,15,18). The van der Waals surface area contributed by atoms with Gasteiger partial charge in [-0.05, 0) is 13.0 Å². The van der Waals surface area contributed by atoms with Crippen molar-refractivity contribution in [3.05, 3.63) is 36.0 Å².